The summed E-state index contributed by atoms with van der Waals surface area (Å²) in [6.45, 7) is 0. The third-order valence-corrected chi connectivity index (χ3v) is 7.82. The molecule has 5 aromatic carbocycles. The summed E-state index contributed by atoms with van der Waals surface area (Å²) in [5.74, 6) is 0.159. The summed E-state index contributed by atoms with van der Waals surface area (Å²) in [5, 5.41) is 0. The topological polar surface area (TPSA) is 20.3 Å². The Hall–Kier alpha value is -4.95. The lowest BCUT2D eigenvalue weighted by Crippen LogP contribution is -2.15. The predicted molar refractivity (Wildman–Crippen MR) is 161 cm³/mol. The van der Waals surface area contributed by atoms with Crippen molar-refractivity contribution in [2.45, 2.75) is 5.92 Å². The van der Waals surface area contributed by atoms with Crippen LogP contribution in [0.1, 0.15) is 21.8 Å². The molecule has 0 bridgehead atoms. The first-order chi connectivity index (χ1) is 19.3. The van der Waals surface area contributed by atoms with Crippen molar-refractivity contribution in [3.63, 3.8) is 0 Å². The van der Waals surface area contributed by atoms with E-state index in [1.54, 1.807) is 0 Å². The zero-order valence-corrected chi connectivity index (χ0v) is 21.4. The average Bonchev–Trinajstić information content (AvgIpc) is 3.31. The van der Waals surface area contributed by atoms with Gasteiger partial charge in [-0.15, -0.1) is 0 Å². The van der Waals surface area contributed by atoms with E-state index in [-0.39, 0.29) is 17.6 Å². The van der Waals surface area contributed by atoms with Gasteiger partial charge in [-0.3, -0.25) is 4.79 Å². The normalized spacial score (nSPS) is 17.1. The van der Waals surface area contributed by atoms with Crippen molar-refractivity contribution in [1.82, 2.24) is 0 Å². The quantitative estimate of drug-likeness (QED) is 0.239. The first-order valence-electron chi connectivity index (χ1n) is 13.4. The Morgan fingerprint density at radius 3 is 1.49 bits per heavy atom. The van der Waals surface area contributed by atoms with Crippen molar-refractivity contribution < 1.29 is 4.79 Å². The Kier molecular flexibility index (Phi) is 5.79. The second kappa shape index (κ2) is 9.74. The summed E-state index contributed by atoms with van der Waals surface area (Å²) >= 11 is 0. The van der Waals surface area contributed by atoms with Crippen molar-refractivity contribution in [2.75, 3.05) is 4.90 Å². The molecule has 0 heterocycles. The monoisotopic (exact) mass is 501 g/mol. The second-order valence-corrected chi connectivity index (χ2v) is 10.1. The molecule has 5 aromatic rings. The molecule has 0 saturated heterocycles. The molecule has 2 aliphatic carbocycles. The highest BCUT2D eigenvalue weighted by atomic mass is 16.1. The number of benzene rings is 5. The van der Waals surface area contributed by atoms with Gasteiger partial charge in [0.1, 0.15) is 0 Å². The fourth-order valence-electron chi connectivity index (χ4n) is 5.91. The molecule has 2 heteroatoms. The first-order valence-corrected chi connectivity index (χ1v) is 13.4. The van der Waals surface area contributed by atoms with E-state index < -0.39 is 0 Å². The molecular formula is C37H27NO. The number of nitrogens with zero attached hydrogens (tertiary/aromatic N) is 1. The van der Waals surface area contributed by atoms with Crippen LogP contribution >= 0.6 is 0 Å². The third-order valence-electron chi connectivity index (χ3n) is 7.82. The molecule has 2 atom stereocenters. The van der Waals surface area contributed by atoms with Gasteiger partial charge in [0, 0.05) is 22.9 Å². The highest BCUT2D eigenvalue weighted by Crippen LogP contribution is 2.48. The molecule has 186 valence electrons. The Morgan fingerprint density at radius 2 is 0.949 bits per heavy atom. The third kappa shape index (κ3) is 4.11. The van der Waals surface area contributed by atoms with Crippen LogP contribution < -0.4 is 4.90 Å². The summed E-state index contributed by atoms with van der Waals surface area (Å²) in [6, 6.07) is 44.3. The maximum Gasteiger partial charge on any atom is 0.173 e. The number of fused-ring (bicyclic) bond motifs is 3. The lowest BCUT2D eigenvalue weighted by Gasteiger charge is -2.28. The molecule has 0 spiro atoms. The van der Waals surface area contributed by atoms with E-state index in [2.05, 4.69) is 132 Å². The van der Waals surface area contributed by atoms with Crippen LogP contribution in [-0.4, -0.2) is 5.78 Å². The summed E-state index contributed by atoms with van der Waals surface area (Å²) in [4.78, 5) is 16.0. The number of Topliss-reactive ketones (excluding diaryl/α,β-unsaturated/α-hetero) is 1. The number of hydrogen-bond acceptors (Lipinski definition) is 2. The maximum atomic E-state index is 13.8. The zero-order valence-electron chi connectivity index (χ0n) is 21.4. The van der Waals surface area contributed by atoms with E-state index >= 15 is 0 Å². The van der Waals surface area contributed by atoms with E-state index in [0.717, 1.165) is 39.3 Å². The zero-order chi connectivity index (χ0) is 26.2. The Balaban J connectivity index is 1.36. The van der Waals surface area contributed by atoms with Gasteiger partial charge in [0.15, 0.2) is 5.78 Å². The number of carbonyl (C=O) groups excluding carboxylic acids is 1. The molecule has 2 nitrogen and oxygen atoms in total. The second-order valence-electron chi connectivity index (χ2n) is 10.1. The molecule has 2 unspecified atom stereocenters. The van der Waals surface area contributed by atoms with Crippen LogP contribution in [0.2, 0.25) is 0 Å². The van der Waals surface area contributed by atoms with Crippen LogP contribution in [0.25, 0.3) is 22.3 Å². The van der Waals surface area contributed by atoms with Crippen molar-refractivity contribution in [3.8, 4) is 22.3 Å². The maximum absolute atomic E-state index is 13.8. The van der Waals surface area contributed by atoms with Crippen LogP contribution in [-0.2, 0) is 0 Å². The molecule has 0 aromatic heterocycles. The van der Waals surface area contributed by atoms with Crippen molar-refractivity contribution in [1.29, 1.82) is 0 Å². The minimum atomic E-state index is -0.131. The van der Waals surface area contributed by atoms with Gasteiger partial charge in [-0.25, -0.2) is 0 Å². The fraction of sp³-hybridized carbons (Fsp3) is 0.0541. The smallest absolute Gasteiger partial charge is 0.173 e. The Morgan fingerprint density at radius 1 is 0.462 bits per heavy atom. The molecule has 0 saturated carbocycles. The van der Waals surface area contributed by atoms with Crippen LogP contribution in [0.5, 0.6) is 0 Å². The van der Waals surface area contributed by atoms with Crippen LogP contribution in [0, 0.1) is 5.92 Å². The average molecular weight is 502 g/mol. The van der Waals surface area contributed by atoms with Crippen LogP contribution in [0.3, 0.4) is 0 Å². The van der Waals surface area contributed by atoms with E-state index in [1.807, 2.05) is 24.3 Å². The van der Waals surface area contributed by atoms with Gasteiger partial charge >= 0.3 is 0 Å². The van der Waals surface area contributed by atoms with Crippen LogP contribution in [0.4, 0.5) is 17.1 Å². The molecule has 0 radical (unpaired) electrons. The lowest BCUT2D eigenvalue weighted by molar-refractivity contribution is 0.0955. The minimum Gasteiger partial charge on any atom is -0.310 e. The highest BCUT2D eigenvalue weighted by Gasteiger charge is 2.40. The van der Waals surface area contributed by atoms with Crippen molar-refractivity contribution in [3.05, 3.63) is 163 Å². The summed E-state index contributed by atoms with van der Waals surface area (Å²) in [5.41, 5.74) is 9.58. The highest BCUT2D eigenvalue weighted by molar-refractivity contribution is 6.10. The SMILES string of the molecule is O=C1c2c(cccc2N(c2ccc(-c3ccccc3)cc2)c2ccc(-c3ccccc3)cc2)C2C=CC=CC12. The molecule has 0 aliphatic heterocycles. The van der Waals surface area contributed by atoms with Gasteiger partial charge in [0.25, 0.3) is 0 Å². The summed E-state index contributed by atoms with van der Waals surface area (Å²) < 4.78 is 0. The van der Waals surface area contributed by atoms with Gasteiger partial charge in [-0.05, 0) is 58.1 Å². The fourth-order valence-corrected chi connectivity index (χ4v) is 5.91. The largest absolute Gasteiger partial charge is 0.310 e. The summed E-state index contributed by atoms with van der Waals surface area (Å²) in [7, 11) is 0. The van der Waals surface area contributed by atoms with Gasteiger partial charge in [-0.1, -0.05) is 121 Å². The van der Waals surface area contributed by atoms with Crippen molar-refractivity contribution in [2.24, 2.45) is 5.92 Å². The molecule has 0 fully saturated rings. The standard InChI is InChI=1S/C37H27NO/c39-37-34-15-8-7-14-32(34)33-16-9-17-35(36(33)37)38(30-22-18-28(19-23-30)26-10-3-1-4-11-26)31-24-20-29(21-25-31)27-12-5-2-6-13-27/h1-25,32,34H. The molecule has 7 rings (SSSR count). The molecule has 39 heavy (non-hydrogen) atoms. The number of hydrogen-bond donors (Lipinski definition) is 0. The number of rotatable bonds is 5. The molecule has 0 N–H and O–H groups in total. The van der Waals surface area contributed by atoms with E-state index in [4.69, 9.17) is 0 Å². The molecule has 2 aliphatic rings. The van der Waals surface area contributed by atoms with E-state index in [1.165, 1.54) is 11.1 Å². The Labute approximate surface area is 229 Å². The number of carbonyl (C=O) groups is 1. The number of allylic oxidation sites excluding steroid dienone is 4. The van der Waals surface area contributed by atoms with E-state index in [0.29, 0.717) is 0 Å². The van der Waals surface area contributed by atoms with Gasteiger partial charge in [0.2, 0.25) is 0 Å². The van der Waals surface area contributed by atoms with Gasteiger partial charge < -0.3 is 4.90 Å². The van der Waals surface area contributed by atoms with Gasteiger partial charge in [-0.2, -0.15) is 0 Å². The molecular weight excluding hydrogens is 474 g/mol. The predicted octanol–water partition coefficient (Wildman–Crippen LogP) is 9.51. The van der Waals surface area contributed by atoms with E-state index in [9.17, 15) is 4.79 Å². The lowest BCUT2D eigenvalue weighted by atomic mass is 9.89. The number of ketones is 1. The molecule has 0 amide bonds. The summed E-state index contributed by atoms with van der Waals surface area (Å²) in [6.07, 6.45) is 8.25. The minimum absolute atomic E-state index is 0.0974. The van der Waals surface area contributed by atoms with Gasteiger partial charge in [0.05, 0.1) is 11.6 Å². The van der Waals surface area contributed by atoms with Crippen LogP contribution in [0.15, 0.2) is 152 Å². The van der Waals surface area contributed by atoms with Crippen molar-refractivity contribution >= 4 is 22.8 Å². The number of anilines is 3. The first kappa shape index (κ1) is 23.2. The Bertz CT molecular complexity index is 1620.